The van der Waals surface area contributed by atoms with Crippen molar-refractivity contribution in [1.29, 1.82) is 0 Å². The molecule has 0 atom stereocenters. The van der Waals surface area contributed by atoms with Gasteiger partial charge in [-0.15, -0.1) is 0 Å². The van der Waals surface area contributed by atoms with E-state index in [1.165, 1.54) is 0 Å². The van der Waals surface area contributed by atoms with E-state index in [-0.39, 0.29) is 19.1 Å². The van der Waals surface area contributed by atoms with Crippen LogP contribution in [0.3, 0.4) is 0 Å². The Morgan fingerprint density at radius 3 is 2.65 bits per heavy atom. The molecular formula is C16H21NO3. The number of carbonyl (C=O) groups is 1. The molecule has 0 unspecified atom stereocenters. The third-order valence-corrected chi connectivity index (χ3v) is 3.02. The lowest BCUT2D eigenvalue weighted by molar-refractivity contribution is 0.0721. The fourth-order valence-corrected chi connectivity index (χ4v) is 2.01. The van der Waals surface area contributed by atoms with Gasteiger partial charge in [-0.25, -0.2) is 0 Å². The number of carbonyl (C=O) groups excluding carboxylic acids is 1. The maximum atomic E-state index is 12.5. The van der Waals surface area contributed by atoms with Crippen LogP contribution < -0.4 is 0 Å². The minimum absolute atomic E-state index is 0.0468. The molecule has 20 heavy (non-hydrogen) atoms. The van der Waals surface area contributed by atoms with Crippen LogP contribution in [0.4, 0.5) is 0 Å². The van der Waals surface area contributed by atoms with Crippen LogP contribution in [0.25, 0.3) is 0 Å². The summed E-state index contributed by atoms with van der Waals surface area (Å²) in [6.07, 6.45) is 0.842. The van der Waals surface area contributed by atoms with Gasteiger partial charge in [-0.3, -0.25) is 4.79 Å². The van der Waals surface area contributed by atoms with Gasteiger partial charge in [0.15, 0.2) is 0 Å². The molecule has 0 spiro atoms. The Morgan fingerprint density at radius 2 is 2.05 bits per heavy atom. The van der Waals surface area contributed by atoms with Crippen molar-refractivity contribution in [1.82, 2.24) is 4.90 Å². The van der Waals surface area contributed by atoms with Crippen molar-refractivity contribution in [2.75, 3.05) is 26.3 Å². The Bertz CT molecular complexity index is 508. The van der Waals surface area contributed by atoms with Gasteiger partial charge < -0.3 is 15.1 Å². The standard InChI is InChI=1S/C16H21NO3/c1-3-9-17(10-12-19)16(20)15-8-4-6-14(13(15)2)7-5-11-18/h4,6,8,18-19H,3,9-12H2,1-2H3. The van der Waals surface area contributed by atoms with E-state index >= 15 is 0 Å². The molecule has 108 valence electrons. The van der Waals surface area contributed by atoms with Gasteiger partial charge >= 0.3 is 0 Å². The highest BCUT2D eigenvalue weighted by Crippen LogP contribution is 2.15. The molecule has 1 aromatic rings. The van der Waals surface area contributed by atoms with Crippen molar-refractivity contribution >= 4 is 5.91 Å². The van der Waals surface area contributed by atoms with Gasteiger partial charge in [-0.1, -0.05) is 24.8 Å². The second kappa shape index (κ2) is 8.36. The number of hydrogen-bond acceptors (Lipinski definition) is 3. The van der Waals surface area contributed by atoms with Crippen LogP contribution in [-0.2, 0) is 0 Å². The van der Waals surface area contributed by atoms with Gasteiger partial charge in [-0.05, 0) is 31.0 Å². The van der Waals surface area contributed by atoms with Gasteiger partial charge in [0.25, 0.3) is 5.91 Å². The first-order chi connectivity index (χ1) is 9.65. The van der Waals surface area contributed by atoms with Crippen LogP contribution in [0.1, 0.15) is 34.8 Å². The molecule has 0 heterocycles. The fourth-order valence-electron chi connectivity index (χ4n) is 2.01. The van der Waals surface area contributed by atoms with E-state index in [0.717, 1.165) is 17.5 Å². The van der Waals surface area contributed by atoms with Gasteiger partial charge in [0.05, 0.1) is 6.61 Å². The molecule has 0 aromatic heterocycles. The van der Waals surface area contributed by atoms with Crippen LogP contribution in [0, 0.1) is 18.8 Å². The van der Waals surface area contributed by atoms with Gasteiger partial charge in [0.2, 0.25) is 0 Å². The Balaban J connectivity index is 3.08. The summed E-state index contributed by atoms with van der Waals surface area (Å²) in [6.45, 7) is 4.54. The zero-order chi connectivity index (χ0) is 15.0. The lowest BCUT2D eigenvalue weighted by Gasteiger charge is -2.22. The number of nitrogens with zero attached hydrogens (tertiary/aromatic N) is 1. The summed E-state index contributed by atoms with van der Waals surface area (Å²) in [4.78, 5) is 14.1. The predicted molar refractivity (Wildman–Crippen MR) is 78.4 cm³/mol. The van der Waals surface area contributed by atoms with E-state index in [1.54, 1.807) is 17.0 Å². The summed E-state index contributed by atoms with van der Waals surface area (Å²) < 4.78 is 0. The van der Waals surface area contributed by atoms with Crippen molar-refractivity contribution in [3.8, 4) is 11.8 Å². The average molecular weight is 275 g/mol. The van der Waals surface area contributed by atoms with Crippen molar-refractivity contribution < 1.29 is 15.0 Å². The van der Waals surface area contributed by atoms with Crippen molar-refractivity contribution in [3.63, 3.8) is 0 Å². The summed E-state index contributed by atoms with van der Waals surface area (Å²) in [6, 6.07) is 5.37. The van der Waals surface area contributed by atoms with E-state index in [2.05, 4.69) is 11.8 Å². The highest BCUT2D eigenvalue weighted by Gasteiger charge is 2.17. The Morgan fingerprint density at radius 1 is 1.30 bits per heavy atom. The molecule has 0 fully saturated rings. The SMILES string of the molecule is CCCN(CCO)C(=O)c1cccc(C#CCO)c1C. The predicted octanol–water partition coefficient (Wildman–Crippen LogP) is 1.18. The molecule has 0 radical (unpaired) electrons. The summed E-state index contributed by atoms with van der Waals surface area (Å²) in [7, 11) is 0. The highest BCUT2D eigenvalue weighted by atomic mass is 16.3. The van der Waals surface area contributed by atoms with Crippen molar-refractivity contribution in [3.05, 3.63) is 34.9 Å². The number of rotatable bonds is 5. The van der Waals surface area contributed by atoms with Gasteiger partial charge in [0.1, 0.15) is 6.61 Å². The van der Waals surface area contributed by atoms with Crippen LogP contribution in [-0.4, -0.2) is 47.3 Å². The molecule has 0 aliphatic rings. The summed E-state index contributed by atoms with van der Waals surface area (Å²) in [5, 5.41) is 17.8. The summed E-state index contributed by atoms with van der Waals surface area (Å²) in [5.41, 5.74) is 2.14. The molecule has 4 nitrogen and oxygen atoms in total. The first-order valence-electron chi connectivity index (χ1n) is 6.75. The molecule has 1 amide bonds. The lowest BCUT2D eigenvalue weighted by Crippen LogP contribution is -2.34. The van der Waals surface area contributed by atoms with E-state index in [4.69, 9.17) is 10.2 Å². The number of hydrogen-bond donors (Lipinski definition) is 2. The largest absolute Gasteiger partial charge is 0.395 e. The minimum atomic E-state index is -0.204. The quantitative estimate of drug-likeness (QED) is 0.793. The zero-order valence-electron chi connectivity index (χ0n) is 12.0. The van der Waals surface area contributed by atoms with Crippen LogP contribution in [0.15, 0.2) is 18.2 Å². The molecule has 2 N–H and O–H groups in total. The maximum absolute atomic E-state index is 12.5. The fraction of sp³-hybridized carbons (Fsp3) is 0.438. The molecule has 0 aliphatic carbocycles. The van der Waals surface area contributed by atoms with Gasteiger partial charge in [-0.2, -0.15) is 0 Å². The number of aliphatic hydroxyl groups is 2. The van der Waals surface area contributed by atoms with Crippen LogP contribution >= 0.6 is 0 Å². The topological polar surface area (TPSA) is 60.8 Å². The normalized spacial score (nSPS) is 9.80. The lowest BCUT2D eigenvalue weighted by atomic mass is 10.0. The molecule has 0 aliphatic heterocycles. The molecule has 0 saturated carbocycles. The Labute approximate surface area is 120 Å². The summed E-state index contributed by atoms with van der Waals surface area (Å²) in [5.74, 6) is 5.34. The monoisotopic (exact) mass is 275 g/mol. The summed E-state index contributed by atoms with van der Waals surface area (Å²) >= 11 is 0. The first-order valence-corrected chi connectivity index (χ1v) is 6.75. The third kappa shape index (κ3) is 4.09. The second-order valence-corrected chi connectivity index (χ2v) is 4.45. The molecule has 0 bridgehead atoms. The van der Waals surface area contributed by atoms with Crippen molar-refractivity contribution in [2.24, 2.45) is 0 Å². The van der Waals surface area contributed by atoms with E-state index < -0.39 is 0 Å². The van der Waals surface area contributed by atoms with E-state index in [9.17, 15) is 4.79 Å². The second-order valence-electron chi connectivity index (χ2n) is 4.45. The number of aliphatic hydroxyl groups excluding tert-OH is 2. The van der Waals surface area contributed by atoms with Crippen molar-refractivity contribution in [2.45, 2.75) is 20.3 Å². The third-order valence-electron chi connectivity index (χ3n) is 3.02. The highest BCUT2D eigenvalue weighted by molar-refractivity contribution is 5.96. The Kier molecular flexibility index (Phi) is 6.78. The average Bonchev–Trinajstić information content (AvgIpc) is 2.45. The van der Waals surface area contributed by atoms with E-state index in [1.807, 2.05) is 19.9 Å². The molecular weight excluding hydrogens is 254 g/mol. The minimum Gasteiger partial charge on any atom is -0.395 e. The molecule has 4 heteroatoms. The number of amides is 1. The maximum Gasteiger partial charge on any atom is 0.254 e. The smallest absolute Gasteiger partial charge is 0.254 e. The van der Waals surface area contributed by atoms with Crippen LogP contribution in [0.5, 0.6) is 0 Å². The molecule has 1 aromatic carbocycles. The zero-order valence-corrected chi connectivity index (χ0v) is 12.0. The molecule has 0 saturated heterocycles. The molecule has 1 rings (SSSR count). The number of benzene rings is 1. The van der Waals surface area contributed by atoms with E-state index in [0.29, 0.717) is 18.7 Å². The Hall–Kier alpha value is -1.83. The van der Waals surface area contributed by atoms with Gasteiger partial charge in [0, 0.05) is 24.2 Å². The first kappa shape index (κ1) is 16.2. The van der Waals surface area contributed by atoms with Crippen LogP contribution in [0.2, 0.25) is 0 Å².